The van der Waals surface area contributed by atoms with E-state index in [-0.39, 0.29) is 18.7 Å². The maximum atomic E-state index is 14.0. The fourth-order valence-electron chi connectivity index (χ4n) is 3.70. The highest BCUT2D eigenvalue weighted by Gasteiger charge is 2.38. The number of hydrogen-bond acceptors (Lipinski definition) is 4. The smallest absolute Gasteiger partial charge is 0.410 e. The highest BCUT2D eigenvalue weighted by molar-refractivity contribution is 5.70. The summed E-state index contributed by atoms with van der Waals surface area (Å²) in [5.74, 6) is -1.22. The van der Waals surface area contributed by atoms with Crippen molar-refractivity contribution in [2.24, 2.45) is 0 Å². The van der Waals surface area contributed by atoms with Crippen LogP contribution in [0.2, 0.25) is 0 Å². The highest BCUT2D eigenvalue weighted by Crippen LogP contribution is 2.32. The number of aliphatic hydroxyl groups is 1. The van der Waals surface area contributed by atoms with E-state index in [2.05, 4.69) is 5.32 Å². The van der Waals surface area contributed by atoms with Gasteiger partial charge in [-0.05, 0) is 50.1 Å². The van der Waals surface area contributed by atoms with Crippen LogP contribution in [0.1, 0.15) is 38.3 Å². The van der Waals surface area contributed by atoms with E-state index in [1.165, 1.54) is 12.1 Å². The summed E-state index contributed by atoms with van der Waals surface area (Å²) in [4.78, 5) is 14.3. The topological polar surface area (TPSA) is 61.8 Å². The van der Waals surface area contributed by atoms with E-state index in [4.69, 9.17) is 9.84 Å². The molecule has 0 radical (unpaired) electrons. The molecule has 0 spiro atoms. The van der Waals surface area contributed by atoms with Crippen LogP contribution in [0.25, 0.3) is 11.1 Å². The minimum atomic E-state index is -0.610. The summed E-state index contributed by atoms with van der Waals surface area (Å²) in [6, 6.07) is 10.6. The first-order valence-electron chi connectivity index (χ1n) is 10.2. The monoisotopic (exact) mass is 418 g/mol. The van der Waals surface area contributed by atoms with Crippen molar-refractivity contribution in [3.63, 3.8) is 0 Å². The molecule has 2 atom stereocenters. The molecule has 2 aromatic carbocycles. The van der Waals surface area contributed by atoms with Gasteiger partial charge in [-0.15, -0.1) is 0 Å². The van der Waals surface area contributed by atoms with E-state index >= 15 is 0 Å². The van der Waals surface area contributed by atoms with Gasteiger partial charge in [-0.1, -0.05) is 24.3 Å². The van der Waals surface area contributed by atoms with Crippen LogP contribution in [0.4, 0.5) is 13.6 Å². The lowest BCUT2D eigenvalue weighted by atomic mass is 9.94. The third-order valence-electron chi connectivity index (χ3n) is 5.67. The summed E-state index contributed by atoms with van der Waals surface area (Å²) in [5.41, 5.74) is 1.36. The number of carbonyl (C=O) groups is 1. The van der Waals surface area contributed by atoms with Gasteiger partial charge in [-0.3, -0.25) is 0 Å². The molecular weight excluding hydrogens is 390 g/mol. The molecule has 3 rings (SSSR count). The van der Waals surface area contributed by atoms with Gasteiger partial charge in [0.05, 0.1) is 12.6 Å². The second-order valence-corrected chi connectivity index (χ2v) is 7.91. The Morgan fingerprint density at radius 1 is 1.20 bits per heavy atom. The Balaban J connectivity index is 1.64. The molecule has 1 aliphatic rings. The molecule has 30 heavy (non-hydrogen) atoms. The van der Waals surface area contributed by atoms with Gasteiger partial charge in [0.15, 0.2) is 0 Å². The van der Waals surface area contributed by atoms with E-state index in [0.717, 1.165) is 11.6 Å². The summed E-state index contributed by atoms with van der Waals surface area (Å²) >= 11 is 0. The second kappa shape index (κ2) is 9.53. The Hall–Kier alpha value is -2.51. The van der Waals surface area contributed by atoms with Crippen molar-refractivity contribution in [3.8, 4) is 11.1 Å². The van der Waals surface area contributed by atoms with Gasteiger partial charge in [0, 0.05) is 31.1 Å². The van der Waals surface area contributed by atoms with Crippen LogP contribution in [0.3, 0.4) is 0 Å². The van der Waals surface area contributed by atoms with Crippen LogP contribution in [0.5, 0.6) is 0 Å². The summed E-state index contributed by atoms with van der Waals surface area (Å²) in [6.45, 7) is 5.70. The van der Waals surface area contributed by atoms with Gasteiger partial charge in [0.1, 0.15) is 17.2 Å². The molecule has 0 bridgehead atoms. The Bertz CT molecular complexity index is 875. The lowest BCUT2D eigenvalue weighted by Gasteiger charge is -2.41. The number of amides is 1. The molecule has 2 aromatic rings. The van der Waals surface area contributed by atoms with E-state index in [0.29, 0.717) is 43.6 Å². The zero-order chi connectivity index (χ0) is 21.7. The number of nitrogens with one attached hydrogen (secondary N) is 1. The van der Waals surface area contributed by atoms with Gasteiger partial charge in [-0.2, -0.15) is 0 Å². The molecule has 0 aliphatic carbocycles. The number of ether oxygens (including phenoxy) is 1. The number of aliphatic hydroxyl groups excluding tert-OH is 1. The molecule has 0 saturated carbocycles. The quantitative estimate of drug-likeness (QED) is 0.629. The number of nitrogens with zero attached hydrogens (tertiary/aromatic N) is 1. The van der Waals surface area contributed by atoms with Crippen LogP contribution in [0.15, 0.2) is 42.5 Å². The molecule has 1 amide bonds. The SMILES string of the molecule is CC(c1ccc(-c2ccc(F)cc2F)cc1)N1CC[C@@](C)(CCNCCO)OC1=O. The molecule has 7 heteroatoms. The number of halogens is 2. The zero-order valence-corrected chi connectivity index (χ0v) is 17.3. The lowest BCUT2D eigenvalue weighted by Crippen LogP contribution is -2.49. The largest absolute Gasteiger partial charge is 0.443 e. The van der Waals surface area contributed by atoms with Crippen molar-refractivity contribution >= 4 is 6.09 Å². The first-order chi connectivity index (χ1) is 14.3. The van der Waals surface area contributed by atoms with Gasteiger partial charge in [0.2, 0.25) is 0 Å². The molecule has 1 unspecified atom stereocenters. The third kappa shape index (κ3) is 5.15. The standard InChI is InChI=1S/C23H28F2N2O3/c1-16(27-13-10-23(2,30-22(27)29)9-11-26-12-14-28)17-3-5-18(6-4-17)20-8-7-19(24)15-21(20)25/h3-8,15-16,26,28H,9-14H2,1-2H3/t16?,23-/m1/s1. The van der Waals surface area contributed by atoms with E-state index < -0.39 is 17.2 Å². The van der Waals surface area contributed by atoms with Crippen molar-refractivity contribution in [3.05, 3.63) is 59.7 Å². The normalized spacial score (nSPS) is 20.2. The molecule has 1 heterocycles. The van der Waals surface area contributed by atoms with E-state index in [9.17, 15) is 13.6 Å². The number of rotatable bonds is 8. The molecule has 1 aliphatic heterocycles. The van der Waals surface area contributed by atoms with E-state index in [1.807, 2.05) is 26.0 Å². The number of hydrogen-bond donors (Lipinski definition) is 2. The summed E-state index contributed by atoms with van der Waals surface area (Å²) in [7, 11) is 0. The third-order valence-corrected chi connectivity index (χ3v) is 5.67. The van der Waals surface area contributed by atoms with Gasteiger partial charge < -0.3 is 20.1 Å². The highest BCUT2D eigenvalue weighted by atomic mass is 19.1. The van der Waals surface area contributed by atoms with Gasteiger partial charge in [0.25, 0.3) is 0 Å². The zero-order valence-electron chi connectivity index (χ0n) is 17.3. The maximum absolute atomic E-state index is 14.0. The lowest BCUT2D eigenvalue weighted by molar-refractivity contribution is -0.0492. The summed E-state index contributed by atoms with van der Waals surface area (Å²) in [5, 5.41) is 11.9. The molecule has 2 N–H and O–H groups in total. The molecule has 1 saturated heterocycles. The fourth-order valence-corrected chi connectivity index (χ4v) is 3.70. The number of carbonyl (C=O) groups excluding carboxylic acids is 1. The van der Waals surface area contributed by atoms with Gasteiger partial charge >= 0.3 is 6.09 Å². The van der Waals surface area contributed by atoms with Crippen LogP contribution < -0.4 is 5.32 Å². The minimum Gasteiger partial charge on any atom is -0.443 e. The van der Waals surface area contributed by atoms with Gasteiger partial charge in [-0.25, -0.2) is 13.6 Å². The fraction of sp³-hybridized carbons (Fsp3) is 0.435. The van der Waals surface area contributed by atoms with Crippen molar-refractivity contribution < 1.29 is 23.4 Å². The summed E-state index contributed by atoms with van der Waals surface area (Å²) in [6.07, 6.45) is 1.04. The van der Waals surface area contributed by atoms with Crippen molar-refractivity contribution in [2.75, 3.05) is 26.2 Å². The van der Waals surface area contributed by atoms with Crippen LogP contribution >= 0.6 is 0 Å². The molecule has 162 valence electrons. The predicted molar refractivity (Wildman–Crippen MR) is 111 cm³/mol. The van der Waals surface area contributed by atoms with Crippen molar-refractivity contribution in [1.82, 2.24) is 10.2 Å². The Morgan fingerprint density at radius 3 is 2.57 bits per heavy atom. The average molecular weight is 418 g/mol. The predicted octanol–water partition coefficient (Wildman–Crippen LogP) is 4.27. The molecular formula is C23H28F2N2O3. The number of cyclic esters (lactones) is 1. The van der Waals surface area contributed by atoms with Crippen molar-refractivity contribution in [1.29, 1.82) is 0 Å². The van der Waals surface area contributed by atoms with E-state index in [1.54, 1.807) is 17.0 Å². The average Bonchev–Trinajstić information content (AvgIpc) is 2.71. The van der Waals surface area contributed by atoms with Crippen LogP contribution in [-0.2, 0) is 4.74 Å². The van der Waals surface area contributed by atoms with Crippen LogP contribution in [0, 0.1) is 11.6 Å². The summed E-state index contributed by atoms with van der Waals surface area (Å²) < 4.78 is 32.9. The Labute approximate surface area is 175 Å². The van der Waals surface area contributed by atoms with Crippen LogP contribution in [-0.4, -0.2) is 47.9 Å². The van der Waals surface area contributed by atoms with Crippen molar-refractivity contribution in [2.45, 2.75) is 38.3 Å². The first kappa shape index (κ1) is 22.2. The maximum Gasteiger partial charge on any atom is 0.410 e. The minimum absolute atomic E-state index is 0.0778. The molecule has 0 aromatic heterocycles. The second-order valence-electron chi connectivity index (χ2n) is 7.91. The molecule has 5 nitrogen and oxygen atoms in total. The Kier molecular flexibility index (Phi) is 7.05. The molecule has 1 fully saturated rings. The Morgan fingerprint density at radius 2 is 1.93 bits per heavy atom. The number of benzene rings is 2. The first-order valence-corrected chi connectivity index (χ1v) is 10.2.